The Morgan fingerprint density at radius 1 is 0.545 bits per heavy atom. The van der Waals surface area contributed by atoms with Gasteiger partial charge in [-0.05, 0) is 125 Å². The van der Waals surface area contributed by atoms with Crippen LogP contribution in [0, 0.1) is 23.2 Å². The zero-order chi connectivity index (χ0) is 37.4. The summed E-state index contributed by atoms with van der Waals surface area (Å²) in [5, 5.41) is 9.51. The molecule has 266 valence electrons. The predicted molar refractivity (Wildman–Crippen MR) is 224 cm³/mol. The van der Waals surface area contributed by atoms with Crippen molar-refractivity contribution in [1.29, 1.82) is 5.26 Å². The predicted octanol–water partition coefficient (Wildman–Crippen LogP) is 12.8. The summed E-state index contributed by atoms with van der Waals surface area (Å²) in [6.45, 7) is 6.89. The van der Waals surface area contributed by atoms with Crippen LogP contribution in [0.1, 0.15) is 50.2 Å². The van der Waals surface area contributed by atoms with E-state index < -0.39 is 0 Å². The first kappa shape index (κ1) is 34.3. The first-order chi connectivity index (χ1) is 26.9. The van der Waals surface area contributed by atoms with Crippen LogP contribution in [0.15, 0.2) is 164 Å². The van der Waals surface area contributed by atoms with E-state index >= 15 is 0 Å². The van der Waals surface area contributed by atoms with Crippen LogP contribution in [0.2, 0.25) is 0 Å². The Kier molecular flexibility index (Phi) is 9.00. The van der Waals surface area contributed by atoms with Crippen molar-refractivity contribution in [3.8, 4) is 73.6 Å². The molecule has 0 spiro atoms. The normalized spacial score (nSPS) is 19.1. The van der Waals surface area contributed by atoms with Crippen molar-refractivity contribution in [1.82, 2.24) is 15.0 Å². The van der Waals surface area contributed by atoms with Crippen molar-refractivity contribution in [2.75, 3.05) is 0 Å². The molecule has 2 fully saturated rings. The van der Waals surface area contributed by atoms with Crippen LogP contribution >= 0.6 is 0 Å². The van der Waals surface area contributed by atoms with Crippen LogP contribution in [0.5, 0.6) is 0 Å². The molecule has 3 atom stereocenters. The third-order valence-electron chi connectivity index (χ3n) is 11.6. The zero-order valence-electron chi connectivity index (χ0n) is 31.1. The lowest BCUT2D eigenvalue weighted by atomic mass is 9.56. The molecule has 7 aromatic rings. The number of hydrogen-bond donors (Lipinski definition) is 0. The van der Waals surface area contributed by atoms with Crippen molar-refractivity contribution < 1.29 is 0 Å². The summed E-state index contributed by atoms with van der Waals surface area (Å²) >= 11 is 0. The van der Waals surface area contributed by atoms with Gasteiger partial charge in [0, 0.05) is 16.7 Å². The van der Waals surface area contributed by atoms with E-state index in [1.54, 1.807) is 0 Å². The molecule has 1 heterocycles. The second-order valence-electron chi connectivity index (χ2n) is 15.7. The van der Waals surface area contributed by atoms with Gasteiger partial charge in [-0.25, -0.2) is 15.0 Å². The van der Waals surface area contributed by atoms with Crippen molar-refractivity contribution in [3.05, 3.63) is 175 Å². The molecule has 0 amide bonds. The molecule has 0 saturated heterocycles. The summed E-state index contributed by atoms with van der Waals surface area (Å²) in [4.78, 5) is 15.4. The number of benzene rings is 6. The van der Waals surface area contributed by atoms with Gasteiger partial charge in [0.05, 0.1) is 11.6 Å². The van der Waals surface area contributed by atoms with Gasteiger partial charge >= 0.3 is 0 Å². The topological polar surface area (TPSA) is 62.5 Å². The van der Waals surface area contributed by atoms with E-state index in [0.717, 1.165) is 62.8 Å². The highest BCUT2D eigenvalue weighted by Gasteiger charge is 2.44. The molecule has 1 aromatic heterocycles. The van der Waals surface area contributed by atoms with Gasteiger partial charge in [-0.15, -0.1) is 0 Å². The molecule has 0 radical (unpaired) electrons. The van der Waals surface area contributed by atoms with Crippen LogP contribution in [0.3, 0.4) is 0 Å². The number of fused-ring (bicyclic) bond motifs is 2. The lowest BCUT2D eigenvalue weighted by Crippen LogP contribution is -2.40. The molecular weight excluding hydrogens is 669 g/mol. The van der Waals surface area contributed by atoms with Gasteiger partial charge < -0.3 is 0 Å². The third-order valence-corrected chi connectivity index (χ3v) is 11.6. The van der Waals surface area contributed by atoms with E-state index in [4.69, 9.17) is 15.0 Å². The molecule has 0 N–H and O–H groups in total. The number of nitriles is 1. The minimum absolute atomic E-state index is 0.162. The fraction of sp³-hybridized carbons (Fsp3) is 0.176. The lowest BCUT2D eigenvalue weighted by Gasteiger charge is -2.49. The summed E-state index contributed by atoms with van der Waals surface area (Å²) in [5.74, 6) is 3.33. The molecular formula is C51H42N4. The van der Waals surface area contributed by atoms with Gasteiger partial charge in [0.1, 0.15) is 0 Å². The molecule has 4 heteroatoms. The van der Waals surface area contributed by atoms with Crippen LogP contribution in [-0.2, 0) is 5.41 Å². The standard InChI is InChI=1S/C51H42N4/c1-34-24-37-25-35(2)31-51(30-34,32-37)47-22-20-41(21-23-47)49-53-48(40-12-7-4-8-13-40)54-50(55-49)46-28-44(39-18-16-36(33-52)17-19-39)27-45(29-46)43-15-9-14-42(26-43)38-10-5-3-6-11-38/h3-23,26-29,35,37H,1,24-25,30-32H2,2H3/t35-,37+,51?/m0/s1. The van der Waals surface area contributed by atoms with Gasteiger partial charge in [-0.2, -0.15) is 5.26 Å². The van der Waals surface area contributed by atoms with Crippen molar-refractivity contribution in [2.45, 2.75) is 44.4 Å². The number of aromatic nitrogens is 3. The molecule has 1 unspecified atom stereocenters. The highest BCUT2D eigenvalue weighted by molar-refractivity contribution is 5.82. The molecule has 2 saturated carbocycles. The largest absolute Gasteiger partial charge is 0.208 e. The molecule has 55 heavy (non-hydrogen) atoms. The fourth-order valence-corrected chi connectivity index (χ4v) is 9.29. The average Bonchev–Trinajstić information content (AvgIpc) is 3.23. The smallest absolute Gasteiger partial charge is 0.164 e. The van der Waals surface area contributed by atoms with E-state index in [1.165, 1.54) is 42.4 Å². The van der Waals surface area contributed by atoms with Gasteiger partial charge in [-0.3, -0.25) is 0 Å². The maximum Gasteiger partial charge on any atom is 0.164 e. The fourth-order valence-electron chi connectivity index (χ4n) is 9.29. The van der Waals surface area contributed by atoms with Crippen LogP contribution < -0.4 is 0 Å². The number of nitrogens with zero attached hydrogens (tertiary/aromatic N) is 4. The van der Waals surface area contributed by atoms with Gasteiger partial charge in [0.15, 0.2) is 17.5 Å². The third kappa shape index (κ3) is 7.02. The summed E-state index contributed by atoms with van der Waals surface area (Å²) in [6.07, 6.45) is 6.01. The first-order valence-corrected chi connectivity index (χ1v) is 19.3. The molecule has 0 aliphatic heterocycles. The highest BCUT2D eigenvalue weighted by atomic mass is 15.0. The Morgan fingerprint density at radius 3 is 1.69 bits per heavy atom. The summed E-state index contributed by atoms with van der Waals surface area (Å²) in [6, 6.07) is 54.9. The molecule has 6 aromatic carbocycles. The van der Waals surface area contributed by atoms with E-state index in [2.05, 4.69) is 123 Å². The maximum absolute atomic E-state index is 9.51. The van der Waals surface area contributed by atoms with Crippen LogP contribution in [-0.4, -0.2) is 15.0 Å². The molecule has 2 bridgehead atoms. The van der Waals surface area contributed by atoms with E-state index in [1.807, 2.05) is 48.5 Å². The van der Waals surface area contributed by atoms with Crippen LogP contribution in [0.4, 0.5) is 0 Å². The van der Waals surface area contributed by atoms with Gasteiger partial charge in [0.2, 0.25) is 0 Å². The molecule has 2 aliphatic rings. The molecule has 4 nitrogen and oxygen atoms in total. The monoisotopic (exact) mass is 710 g/mol. The molecule has 2 aliphatic carbocycles. The number of allylic oxidation sites excluding steroid dienone is 1. The number of rotatable bonds is 7. The van der Waals surface area contributed by atoms with Crippen molar-refractivity contribution >= 4 is 0 Å². The quantitative estimate of drug-likeness (QED) is 0.155. The second-order valence-corrected chi connectivity index (χ2v) is 15.7. The average molecular weight is 711 g/mol. The van der Waals surface area contributed by atoms with Crippen molar-refractivity contribution in [2.24, 2.45) is 11.8 Å². The van der Waals surface area contributed by atoms with E-state index in [9.17, 15) is 5.26 Å². The van der Waals surface area contributed by atoms with Gasteiger partial charge in [0.25, 0.3) is 0 Å². The number of hydrogen-bond acceptors (Lipinski definition) is 4. The summed E-state index contributed by atoms with van der Waals surface area (Å²) in [7, 11) is 0. The summed E-state index contributed by atoms with van der Waals surface area (Å²) in [5.41, 5.74) is 12.9. The lowest BCUT2D eigenvalue weighted by molar-refractivity contribution is 0.139. The summed E-state index contributed by atoms with van der Waals surface area (Å²) < 4.78 is 0. The second kappa shape index (κ2) is 14.4. The molecule has 9 rings (SSSR count). The van der Waals surface area contributed by atoms with Crippen molar-refractivity contribution in [3.63, 3.8) is 0 Å². The Bertz CT molecular complexity index is 2550. The minimum atomic E-state index is 0.162. The van der Waals surface area contributed by atoms with E-state index in [0.29, 0.717) is 23.0 Å². The maximum atomic E-state index is 9.51. The Hall–Kier alpha value is -6.44. The minimum Gasteiger partial charge on any atom is -0.208 e. The first-order valence-electron chi connectivity index (χ1n) is 19.3. The van der Waals surface area contributed by atoms with Gasteiger partial charge in [-0.1, -0.05) is 134 Å². The Morgan fingerprint density at radius 2 is 1.04 bits per heavy atom. The zero-order valence-corrected chi connectivity index (χ0v) is 31.1. The van der Waals surface area contributed by atoms with E-state index in [-0.39, 0.29) is 5.41 Å². The SMILES string of the molecule is C=C1C[C@@H]2C[C@H](C)CC(c3ccc(-c4nc(-c5ccccc5)nc(-c5cc(-c6ccc(C#N)cc6)cc(-c6cccc(-c7ccccc7)c6)c5)n4)cc3)(C1)C2. The van der Waals surface area contributed by atoms with Crippen LogP contribution in [0.25, 0.3) is 67.5 Å². The highest BCUT2D eigenvalue weighted by Crippen LogP contribution is 2.53. The Labute approximate surface area is 324 Å². The Balaban J connectivity index is 1.17.